The lowest BCUT2D eigenvalue weighted by Gasteiger charge is -2.09. The van der Waals surface area contributed by atoms with Crippen LogP contribution in [-0.2, 0) is 0 Å². The van der Waals surface area contributed by atoms with Crippen LogP contribution in [0.4, 0.5) is 0 Å². The summed E-state index contributed by atoms with van der Waals surface area (Å²) < 4.78 is 5.41. The Hall–Kier alpha value is -1.60. The zero-order valence-electron chi connectivity index (χ0n) is 8.95. The summed E-state index contributed by atoms with van der Waals surface area (Å²) in [5.41, 5.74) is 1.97. The normalized spacial score (nSPS) is 9.73. The highest BCUT2D eigenvalue weighted by atomic mass is 16.5. The Bertz CT molecular complexity index is 383. The molecule has 4 heteroatoms. The molecule has 1 aromatic rings. The van der Waals surface area contributed by atoms with Gasteiger partial charge in [0, 0.05) is 24.8 Å². The first-order valence-electron chi connectivity index (χ1n) is 4.81. The summed E-state index contributed by atoms with van der Waals surface area (Å²) in [7, 11) is 0. The third-order valence-corrected chi connectivity index (χ3v) is 1.96. The summed E-state index contributed by atoms with van der Waals surface area (Å²) in [6.07, 6.45) is 0.561. The van der Waals surface area contributed by atoms with E-state index in [9.17, 15) is 0 Å². The van der Waals surface area contributed by atoms with Crippen LogP contribution in [0.2, 0.25) is 0 Å². The van der Waals surface area contributed by atoms with Gasteiger partial charge in [0.2, 0.25) is 0 Å². The van der Waals surface area contributed by atoms with E-state index >= 15 is 0 Å². The Labute approximate surface area is 89.1 Å². The summed E-state index contributed by atoms with van der Waals surface area (Å²) in [5.74, 6) is 0.552. The molecule has 1 heterocycles. The van der Waals surface area contributed by atoms with Crippen molar-refractivity contribution >= 4 is 0 Å². The molecule has 0 aliphatic heterocycles. The third kappa shape index (κ3) is 2.93. The van der Waals surface area contributed by atoms with Gasteiger partial charge < -0.3 is 9.84 Å². The number of rotatable bonds is 4. The second-order valence-electron chi connectivity index (χ2n) is 3.26. The summed E-state index contributed by atoms with van der Waals surface area (Å²) >= 11 is 0. The summed E-state index contributed by atoms with van der Waals surface area (Å²) in [5, 5.41) is 17.5. The van der Waals surface area contributed by atoms with Crippen LogP contribution in [0.25, 0.3) is 0 Å². The molecular weight excluding hydrogens is 192 g/mol. The van der Waals surface area contributed by atoms with E-state index in [4.69, 9.17) is 15.1 Å². The lowest BCUT2D eigenvalue weighted by molar-refractivity contribution is 0.233. The SMILES string of the molecule is Cc1cc(OCCCO)c(C#N)c(C)n1. The van der Waals surface area contributed by atoms with Crippen LogP contribution in [0.1, 0.15) is 23.4 Å². The maximum Gasteiger partial charge on any atom is 0.140 e. The van der Waals surface area contributed by atoms with Gasteiger partial charge in [-0.15, -0.1) is 0 Å². The van der Waals surface area contributed by atoms with E-state index < -0.39 is 0 Å². The number of aryl methyl sites for hydroxylation is 2. The molecule has 15 heavy (non-hydrogen) atoms. The maximum atomic E-state index is 8.93. The second kappa shape index (κ2) is 5.32. The van der Waals surface area contributed by atoms with E-state index in [2.05, 4.69) is 11.1 Å². The van der Waals surface area contributed by atoms with Crippen molar-refractivity contribution in [2.24, 2.45) is 0 Å². The second-order valence-corrected chi connectivity index (χ2v) is 3.26. The number of hydrogen-bond acceptors (Lipinski definition) is 4. The molecule has 0 saturated heterocycles. The first-order valence-corrected chi connectivity index (χ1v) is 4.81. The first-order chi connectivity index (χ1) is 7.19. The molecule has 0 aromatic carbocycles. The van der Waals surface area contributed by atoms with Crippen molar-refractivity contribution in [3.63, 3.8) is 0 Å². The van der Waals surface area contributed by atoms with E-state index in [-0.39, 0.29) is 6.61 Å². The van der Waals surface area contributed by atoms with Gasteiger partial charge in [-0.3, -0.25) is 4.98 Å². The summed E-state index contributed by atoms with van der Waals surface area (Å²) in [6.45, 7) is 4.14. The predicted octanol–water partition coefficient (Wildman–Crippen LogP) is 1.33. The Morgan fingerprint density at radius 1 is 1.53 bits per heavy atom. The van der Waals surface area contributed by atoms with E-state index in [0.717, 1.165) is 5.69 Å². The van der Waals surface area contributed by atoms with E-state index in [1.165, 1.54) is 0 Å². The smallest absolute Gasteiger partial charge is 0.140 e. The molecule has 4 nitrogen and oxygen atoms in total. The Kier molecular flexibility index (Phi) is 4.07. The van der Waals surface area contributed by atoms with E-state index in [1.807, 2.05) is 6.92 Å². The van der Waals surface area contributed by atoms with Crippen molar-refractivity contribution in [2.75, 3.05) is 13.2 Å². The fraction of sp³-hybridized carbons (Fsp3) is 0.455. The number of aliphatic hydroxyl groups excluding tert-OH is 1. The lowest BCUT2D eigenvalue weighted by Crippen LogP contribution is -2.03. The molecule has 0 aliphatic carbocycles. The predicted molar refractivity (Wildman–Crippen MR) is 55.6 cm³/mol. The minimum absolute atomic E-state index is 0.0882. The van der Waals surface area contributed by atoms with Crippen LogP contribution >= 0.6 is 0 Å². The minimum Gasteiger partial charge on any atom is -0.492 e. The molecule has 0 spiro atoms. The molecule has 80 valence electrons. The van der Waals surface area contributed by atoms with Gasteiger partial charge in [0.05, 0.1) is 12.3 Å². The molecule has 0 aliphatic rings. The van der Waals surface area contributed by atoms with Gasteiger partial charge in [-0.2, -0.15) is 5.26 Å². The summed E-state index contributed by atoms with van der Waals surface area (Å²) in [4.78, 5) is 4.18. The Morgan fingerprint density at radius 2 is 2.27 bits per heavy atom. The van der Waals surface area contributed by atoms with Gasteiger partial charge in [-0.25, -0.2) is 0 Å². The van der Waals surface area contributed by atoms with Crippen molar-refractivity contribution in [3.8, 4) is 11.8 Å². The maximum absolute atomic E-state index is 8.93. The van der Waals surface area contributed by atoms with Gasteiger partial charge in [0.1, 0.15) is 17.4 Å². The molecule has 0 atom stereocenters. The van der Waals surface area contributed by atoms with Crippen LogP contribution in [0.3, 0.4) is 0 Å². The van der Waals surface area contributed by atoms with Gasteiger partial charge in [-0.05, 0) is 13.8 Å². The zero-order valence-corrected chi connectivity index (χ0v) is 8.95. The van der Waals surface area contributed by atoms with E-state index in [1.54, 1.807) is 13.0 Å². The average Bonchev–Trinajstić information content (AvgIpc) is 2.17. The zero-order chi connectivity index (χ0) is 11.3. The monoisotopic (exact) mass is 206 g/mol. The highest BCUT2D eigenvalue weighted by molar-refractivity contribution is 5.46. The third-order valence-electron chi connectivity index (χ3n) is 1.96. The van der Waals surface area contributed by atoms with Gasteiger partial charge in [0.15, 0.2) is 0 Å². The molecule has 0 saturated carbocycles. The van der Waals surface area contributed by atoms with Crippen LogP contribution in [0, 0.1) is 25.2 Å². The number of nitrogens with zero attached hydrogens (tertiary/aromatic N) is 2. The van der Waals surface area contributed by atoms with Crippen molar-refractivity contribution in [1.82, 2.24) is 4.98 Å². The lowest BCUT2D eigenvalue weighted by atomic mass is 10.2. The van der Waals surface area contributed by atoms with Crippen molar-refractivity contribution in [3.05, 3.63) is 23.0 Å². The standard InChI is InChI=1S/C11H14N2O2/c1-8-6-11(15-5-3-4-14)10(7-12)9(2)13-8/h6,14H,3-5H2,1-2H3. The molecular formula is C11H14N2O2. The molecule has 1 rings (SSSR count). The quantitative estimate of drug-likeness (QED) is 0.755. The minimum atomic E-state index is 0.0882. The molecule has 1 aromatic heterocycles. The van der Waals surface area contributed by atoms with Crippen molar-refractivity contribution in [2.45, 2.75) is 20.3 Å². The number of pyridine rings is 1. The number of aliphatic hydroxyl groups is 1. The van der Waals surface area contributed by atoms with Gasteiger partial charge >= 0.3 is 0 Å². The summed E-state index contributed by atoms with van der Waals surface area (Å²) in [6, 6.07) is 3.81. The molecule has 0 unspecified atom stereocenters. The topological polar surface area (TPSA) is 66.1 Å². The van der Waals surface area contributed by atoms with Crippen LogP contribution in [-0.4, -0.2) is 23.3 Å². The Balaban J connectivity index is 2.90. The van der Waals surface area contributed by atoms with Gasteiger partial charge in [-0.1, -0.05) is 0 Å². The molecule has 0 amide bonds. The number of nitriles is 1. The first kappa shape index (κ1) is 11.5. The fourth-order valence-corrected chi connectivity index (χ4v) is 1.29. The number of ether oxygens (including phenoxy) is 1. The Morgan fingerprint density at radius 3 is 2.87 bits per heavy atom. The highest BCUT2D eigenvalue weighted by Crippen LogP contribution is 2.21. The fourth-order valence-electron chi connectivity index (χ4n) is 1.29. The molecule has 0 radical (unpaired) electrons. The van der Waals surface area contributed by atoms with Crippen LogP contribution in [0.5, 0.6) is 5.75 Å². The van der Waals surface area contributed by atoms with E-state index in [0.29, 0.717) is 30.0 Å². The molecule has 0 bridgehead atoms. The van der Waals surface area contributed by atoms with Gasteiger partial charge in [0.25, 0.3) is 0 Å². The molecule has 1 N–H and O–H groups in total. The number of aromatic nitrogens is 1. The average molecular weight is 206 g/mol. The van der Waals surface area contributed by atoms with Crippen molar-refractivity contribution < 1.29 is 9.84 Å². The largest absolute Gasteiger partial charge is 0.492 e. The highest BCUT2D eigenvalue weighted by Gasteiger charge is 2.08. The number of hydrogen-bond donors (Lipinski definition) is 1. The van der Waals surface area contributed by atoms with Crippen LogP contribution in [0.15, 0.2) is 6.07 Å². The molecule has 0 fully saturated rings. The van der Waals surface area contributed by atoms with Crippen LogP contribution < -0.4 is 4.74 Å². The van der Waals surface area contributed by atoms with Crippen molar-refractivity contribution in [1.29, 1.82) is 5.26 Å².